The maximum atomic E-state index is 11.4. The van der Waals surface area contributed by atoms with Crippen LogP contribution < -0.4 is 5.32 Å². The summed E-state index contributed by atoms with van der Waals surface area (Å²) >= 11 is 1.47. The van der Waals surface area contributed by atoms with Gasteiger partial charge in [-0.1, -0.05) is 13.8 Å². The van der Waals surface area contributed by atoms with Crippen LogP contribution in [0, 0.1) is 0 Å². The predicted molar refractivity (Wildman–Crippen MR) is 70.7 cm³/mol. The zero-order chi connectivity index (χ0) is 12.7. The number of carbonyl (C=O) groups is 1. The highest BCUT2D eigenvalue weighted by molar-refractivity contribution is 7.12. The average Bonchev–Trinajstić information content (AvgIpc) is 2.90. The molecule has 1 aromatic heterocycles. The lowest BCUT2D eigenvalue weighted by molar-refractivity contribution is 0.0601. The van der Waals surface area contributed by atoms with Gasteiger partial charge in [0.15, 0.2) is 0 Å². The maximum absolute atomic E-state index is 11.4. The molecule has 92 valence electrons. The van der Waals surface area contributed by atoms with E-state index in [1.807, 2.05) is 31.5 Å². The number of ether oxygens (including phenoxy) is 1. The molecule has 0 amide bonds. The van der Waals surface area contributed by atoms with Crippen LogP contribution in [-0.2, 0) is 4.74 Å². The van der Waals surface area contributed by atoms with E-state index in [9.17, 15) is 4.79 Å². The van der Waals surface area contributed by atoms with E-state index in [-0.39, 0.29) is 5.97 Å². The predicted octanol–water partition coefficient (Wildman–Crippen LogP) is 2.42. The molecule has 2 heterocycles. The number of aliphatic imine (C=N–C) groups is 1. The van der Waals surface area contributed by atoms with Crippen LogP contribution >= 0.6 is 11.3 Å². The van der Waals surface area contributed by atoms with Crippen LogP contribution in [-0.4, -0.2) is 25.5 Å². The highest BCUT2D eigenvalue weighted by Gasteiger charge is 2.17. The SMILES string of the molecule is CC.COC(=O)c1ccsc1C1=NCC=CN1. The van der Waals surface area contributed by atoms with E-state index < -0.39 is 0 Å². The molecule has 0 bridgehead atoms. The number of nitrogens with zero attached hydrogens (tertiary/aromatic N) is 1. The van der Waals surface area contributed by atoms with Crippen LogP contribution in [0.15, 0.2) is 28.7 Å². The second-order valence-corrected chi connectivity index (χ2v) is 3.81. The molecule has 0 spiro atoms. The Morgan fingerprint density at radius 2 is 2.29 bits per heavy atom. The van der Waals surface area contributed by atoms with E-state index >= 15 is 0 Å². The van der Waals surface area contributed by atoms with Gasteiger partial charge >= 0.3 is 5.97 Å². The average molecular weight is 252 g/mol. The Balaban J connectivity index is 0.000000686. The van der Waals surface area contributed by atoms with E-state index in [1.165, 1.54) is 18.4 Å². The molecule has 1 aliphatic heterocycles. The highest BCUT2D eigenvalue weighted by Crippen LogP contribution is 2.18. The third-order valence-electron chi connectivity index (χ3n) is 1.98. The molecule has 1 aliphatic rings. The fourth-order valence-corrected chi connectivity index (χ4v) is 2.13. The molecule has 0 fully saturated rings. The molecule has 4 nitrogen and oxygen atoms in total. The first kappa shape index (κ1) is 13.4. The molecule has 0 saturated carbocycles. The fraction of sp³-hybridized carbons (Fsp3) is 0.333. The first-order valence-electron chi connectivity index (χ1n) is 5.45. The van der Waals surface area contributed by atoms with Crippen molar-refractivity contribution in [3.05, 3.63) is 34.2 Å². The molecule has 1 aromatic rings. The van der Waals surface area contributed by atoms with E-state index in [0.717, 1.165) is 10.7 Å². The second kappa shape index (κ2) is 6.85. The fourth-order valence-electron chi connectivity index (χ4n) is 1.28. The first-order chi connectivity index (χ1) is 8.33. The first-order valence-corrected chi connectivity index (χ1v) is 6.33. The standard InChI is InChI=1S/C10H10N2O2S.C2H6/c1-14-10(13)7-3-6-15-8(7)9-11-4-2-5-12-9;1-2/h2-4,6H,5H2,1H3,(H,11,12);1-2H3. The van der Waals surface area contributed by atoms with Crippen molar-refractivity contribution >= 4 is 23.1 Å². The molecule has 1 N–H and O–H groups in total. The van der Waals surface area contributed by atoms with Gasteiger partial charge in [0, 0.05) is 6.20 Å². The largest absolute Gasteiger partial charge is 0.465 e. The molecule has 0 aromatic carbocycles. The van der Waals surface area contributed by atoms with Crippen LogP contribution in [0.3, 0.4) is 0 Å². The van der Waals surface area contributed by atoms with E-state index in [1.54, 1.807) is 6.07 Å². The Morgan fingerprint density at radius 1 is 1.53 bits per heavy atom. The second-order valence-electron chi connectivity index (χ2n) is 2.89. The number of nitrogens with one attached hydrogen (secondary N) is 1. The molecule has 0 saturated heterocycles. The third kappa shape index (κ3) is 3.17. The van der Waals surface area contributed by atoms with E-state index in [2.05, 4.69) is 10.3 Å². The van der Waals surface area contributed by atoms with Crippen molar-refractivity contribution in [3.63, 3.8) is 0 Å². The molecule has 5 heteroatoms. The Kier molecular flexibility index (Phi) is 5.42. The number of rotatable bonds is 2. The molecule has 0 atom stereocenters. The van der Waals surface area contributed by atoms with Gasteiger partial charge in [-0.05, 0) is 17.5 Å². The zero-order valence-electron chi connectivity index (χ0n) is 10.2. The number of esters is 1. The Morgan fingerprint density at radius 3 is 2.88 bits per heavy atom. The van der Waals surface area contributed by atoms with Gasteiger partial charge in [-0.25, -0.2) is 4.79 Å². The molecule has 2 rings (SSSR count). The van der Waals surface area contributed by atoms with Crippen molar-refractivity contribution in [2.45, 2.75) is 13.8 Å². The number of hydrogen-bond acceptors (Lipinski definition) is 5. The van der Waals surface area contributed by atoms with Crippen LogP contribution in [0.25, 0.3) is 0 Å². The smallest absolute Gasteiger partial charge is 0.339 e. The van der Waals surface area contributed by atoms with Crippen LogP contribution in [0.2, 0.25) is 0 Å². The molecule has 0 aliphatic carbocycles. The van der Waals surface area contributed by atoms with Gasteiger partial charge in [-0.3, -0.25) is 4.99 Å². The van der Waals surface area contributed by atoms with Crippen molar-refractivity contribution in [2.24, 2.45) is 4.99 Å². The molecule has 0 radical (unpaired) electrons. The summed E-state index contributed by atoms with van der Waals surface area (Å²) in [4.78, 5) is 16.5. The Hall–Kier alpha value is -1.62. The summed E-state index contributed by atoms with van der Waals surface area (Å²) in [6.45, 7) is 4.64. The van der Waals surface area contributed by atoms with Gasteiger partial charge in [0.05, 0.1) is 24.1 Å². The normalized spacial score (nSPS) is 13.0. The number of carbonyl (C=O) groups excluding carboxylic acids is 1. The van der Waals surface area contributed by atoms with Gasteiger partial charge in [-0.2, -0.15) is 0 Å². The zero-order valence-corrected chi connectivity index (χ0v) is 11.0. The van der Waals surface area contributed by atoms with Gasteiger partial charge in [0.25, 0.3) is 0 Å². The minimum Gasteiger partial charge on any atom is -0.465 e. The Bertz CT molecular complexity index is 435. The minimum absolute atomic E-state index is 0.328. The van der Waals surface area contributed by atoms with Crippen molar-refractivity contribution in [1.29, 1.82) is 0 Å². The summed E-state index contributed by atoms with van der Waals surface area (Å²) < 4.78 is 4.69. The number of amidine groups is 1. The molecule has 0 unspecified atom stereocenters. The lowest BCUT2D eigenvalue weighted by Crippen LogP contribution is -2.23. The van der Waals surface area contributed by atoms with Gasteiger partial charge in [0.1, 0.15) is 5.84 Å². The number of thiophene rings is 1. The number of methoxy groups -OCH3 is 1. The molecular formula is C12H16N2O2S. The summed E-state index contributed by atoms with van der Waals surface area (Å²) in [5.41, 5.74) is 0.559. The maximum Gasteiger partial charge on any atom is 0.339 e. The minimum atomic E-state index is -0.328. The highest BCUT2D eigenvalue weighted by atomic mass is 32.1. The van der Waals surface area contributed by atoms with Crippen molar-refractivity contribution in [1.82, 2.24) is 5.32 Å². The Labute approximate surface area is 105 Å². The van der Waals surface area contributed by atoms with Crippen LogP contribution in [0.5, 0.6) is 0 Å². The van der Waals surface area contributed by atoms with Gasteiger partial charge in [-0.15, -0.1) is 11.3 Å². The summed E-state index contributed by atoms with van der Waals surface area (Å²) in [5.74, 6) is 0.401. The summed E-state index contributed by atoms with van der Waals surface area (Å²) in [7, 11) is 1.37. The molecule has 17 heavy (non-hydrogen) atoms. The monoisotopic (exact) mass is 252 g/mol. The summed E-state index contributed by atoms with van der Waals surface area (Å²) in [5, 5.41) is 4.86. The lowest BCUT2D eigenvalue weighted by atomic mass is 10.2. The van der Waals surface area contributed by atoms with E-state index in [4.69, 9.17) is 4.74 Å². The van der Waals surface area contributed by atoms with Gasteiger partial charge < -0.3 is 10.1 Å². The van der Waals surface area contributed by atoms with Crippen molar-refractivity contribution in [2.75, 3.05) is 13.7 Å². The lowest BCUT2D eigenvalue weighted by Gasteiger charge is -2.09. The molecular weight excluding hydrogens is 236 g/mol. The van der Waals surface area contributed by atoms with Crippen LogP contribution in [0.1, 0.15) is 29.1 Å². The van der Waals surface area contributed by atoms with Crippen molar-refractivity contribution < 1.29 is 9.53 Å². The van der Waals surface area contributed by atoms with Crippen LogP contribution in [0.4, 0.5) is 0 Å². The van der Waals surface area contributed by atoms with Crippen molar-refractivity contribution in [3.8, 4) is 0 Å². The van der Waals surface area contributed by atoms with Gasteiger partial charge in [0.2, 0.25) is 0 Å². The summed E-state index contributed by atoms with van der Waals surface area (Å²) in [6.07, 6.45) is 3.73. The summed E-state index contributed by atoms with van der Waals surface area (Å²) in [6, 6.07) is 1.74. The topological polar surface area (TPSA) is 50.7 Å². The quantitative estimate of drug-likeness (QED) is 0.822. The third-order valence-corrected chi connectivity index (χ3v) is 2.90. The number of hydrogen-bond donors (Lipinski definition) is 1. The van der Waals surface area contributed by atoms with E-state index in [0.29, 0.717) is 12.1 Å².